The van der Waals surface area contributed by atoms with Gasteiger partial charge in [-0.1, -0.05) is 12.1 Å². The monoisotopic (exact) mass is 424 g/mol. The van der Waals surface area contributed by atoms with Gasteiger partial charge in [0.2, 0.25) is 0 Å². The van der Waals surface area contributed by atoms with Gasteiger partial charge in [0.15, 0.2) is 0 Å². The van der Waals surface area contributed by atoms with Crippen LogP contribution in [0.2, 0.25) is 0 Å². The van der Waals surface area contributed by atoms with Crippen molar-refractivity contribution in [1.82, 2.24) is 9.97 Å². The van der Waals surface area contributed by atoms with Gasteiger partial charge < -0.3 is 15.4 Å². The van der Waals surface area contributed by atoms with Crippen LogP contribution in [0.5, 0.6) is 11.5 Å². The fourth-order valence-electron chi connectivity index (χ4n) is 2.85. The summed E-state index contributed by atoms with van der Waals surface area (Å²) in [6.07, 6.45) is -1.31. The first-order chi connectivity index (χ1) is 14.9. The number of ether oxygens (including phenoxy) is 1. The van der Waals surface area contributed by atoms with E-state index in [4.69, 9.17) is 4.74 Å². The van der Waals surface area contributed by atoms with Crippen LogP contribution in [0.4, 0.5) is 29.3 Å². The van der Waals surface area contributed by atoms with E-state index in [9.17, 15) is 18.0 Å². The van der Waals surface area contributed by atoms with Crippen molar-refractivity contribution >= 4 is 28.4 Å². The molecule has 0 saturated carbocycles. The SMILES string of the molecule is O=C(Nc1cccc(Oc2ccc3nccnc3c2)c1)Nc1cccc(C(F)(F)F)c1. The molecule has 0 aliphatic carbocycles. The highest BCUT2D eigenvalue weighted by Gasteiger charge is 2.30. The zero-order valence-electron chi connectivity index (χ0n) is 15.9. The summed E-state index contributed by atoms with van der Waals surface area (Å²) < 4.78 is 44.3. The van der Waals surface area contributed by atoms with Gasteiger partial charge in [0.1, 0.15) is 11.5 Å². The predicted octanol–water partition coefficient (Wildman–Crippen LogP) is 6.08. The standard InChI is InChI=1S/C22H15F3N4O2/c23-22(24,25)14-3-1-4-15(11-14)28-21(30)29-16-5-2-6-17(12-16)31-18-7-8-19-20(13-18)27-10-9-26-19/h1-13H,(H2,28,29,30). The van der Waals surface area contributed by atoms with Crippen LogP contribution in [-0.2, 0) is 6.18 Å². The van der Waals surface area contributed by atoms with E-state index in [-0.39, 0.29) is 5.69 Å². The van der Waals surface area contributed by atoms with Crippen molar-refractivity contribution in [2.24, 2.45) is 0 Å². The van der Waals surface area contributed by atoms with Gasteiger partial charge in [-0.25, -0.2) is 4.79 Å². The van der Waals surface area contributed by atoms with E-state index < -0.39 is 17.8 Å². The molecule has 0 aliphatic rings. The number of hydrogen-bond acceptors (Lipinski definition) is 4. The quantitative estimate of drug-likeness (QED) is 0.416. The summed E-state index contributed by atoms with van der Waals surface area (Å²) in [6, 6.07) is 15.6. The van der Waals surface area contributed by atoms with E-state index in [0.29, 0.717) is 22.7 Å². The minimum Gasteiger partial charge on any atom is -0.457 e. The minimum absolute atomic E-state index is 0.0250. The predicted molar refractivity (Wildman–Crippen MR) is 110 cm³/mol. The molecule has 0 unspecified atom stereocenters. The number of anilines is 2. The van der Waals surface area contributed by atoms with Gasteiger partial charge >= 0.3 is 12.2 Å². The third kappa shape index (κ3) is 5.08. The first kappa shape index (κ1) is 20.1. The van der Waals surface area contributed by atoms with Crippen LogP contribution in [-0.4, -0.2) is 16.0 Å². The van der Waals surface area contributed by atoms with E-state index >= 15 is 0 Å². The smallest absolute Gasteiger partial charge is 0.416 e. The number of hydrogen-bond donors (Lipinski definition) is 2. The molecule has 4 rings (SSSR count). The molecular formula is C22H15F3N4O2. The topological polar surface area (TPSA) is 76.1 Å². The van der Waals surface area contributed by atoms with Gasteiger partial charge in [0, 0.05) is 35.9 Å². The molecule has 0 atom stereocenters. The van der Waals surface area contributed by atoms with Crippen molar-refractivity contribution in [3.05, 3.63) is 84.7 Å². The third-order valence-corrected chi connectivity index (χ3v) is 4.22. The lowest BCUT2D eigenvalue weighted by Crippen LogP contribution is -2.19. The maximum Gasteiger partial charge on any atom is 0.416 e. The van der Waals surface area contributed by atoms with E-state index in [2.05, 4.69) is 20.6 Å². The number of urea groups is 1. The number of aromatic nitrogens is 2. The molecule has 2 N–H and O–H groups in total. The van der Waals surface area contributed by atoms with Crippen molar-refractivity contribution in [3.63, 3.8) is 0 Å². The zero-order valence-corrected chi connectivity index (χ0v) is 15.9. The number of carbonyl (C=O) groups is 1. The fraction of sp³-hybridized carbons (Fsp3) is 0.0455. The van der Waals surface area contributed by atoms with Gasteiger partial charge in [0.25, 0.3) is 0 Å². The molecule has 31 heavy (non-hydrogen) atoms. The highest BCUT2D eigenvalue weighted by atomic mass is 19.4. The van der Waals surface area contributed by atoms with Crippen molar-refractivity contribution in [2.45, 2.75) is 6.18 Å². The Kier molecular flexibility index (Phi) is 5.40. The van der Waals surface area contributed by atoms with Crippen LogP contribution < -0.4 is 15.4 Å². The van der Waals surface area contributed by atoms with Gasteiger partial charge in [-0.2, -0.15) is 13.2 Å². The van der Waals surface area contributed by atoms with E-state index in [1.54, 1.807) is 54.9 Å². The summed E-state index contributed by atoms with van der Waals surface area (Å²) in [6.45, 7) is 0. The molecular weight excluding hydrogens is 409 g/mol. The molecule has 1 aromatic heterocycles. The van der Waals surface area contributed by atoms with Crippen LogP contribution in [0, 0.1) is 0 Å². The largest absolute Gasteiger partial charge is 0.457 e. The number of carbonyl (C=O) groups excluding carboxylic acids is 1. The number of nitrogens with zero attached hydrogens (tertiary/aromatic N) is 2. The maximum atomic E-state index is 12.8. The lowest BCUT2D eigenvalue weighted by Gasteiger charge is -2.12. The molecule has 0 bridgehead atoms. The Morgan fingerprint density at radius 2 is 1.42 bits per heavy atom. The summed E-state index contributed by atoms with van der Waals surface area (Å²) in [5.74, 6) is 0.999. The molecule has 4 aromatic rings. The first-order valence-electron chi connectivity index (χ1n) is 9.11. The minimum atomic E-state index is -4.49. The lowest BCUT2D eigenvalue weighted by atomic mass is 10.2. The average molecular weight is 424 g/mol. The van der Waals surface area contributed by atoms with Crippen LogP contribution in [0.3, 0.4) is 0 Å². The third-order valence-electron chi connectivity index (χ3n) is 4.22. The Bertz CT molecular complexity index is 1240. The normalized spacial score (nSPS) is 11.2. The number of rotatable bonds is 4. The Morgan fingerprint density at radius 3 is 2.16 bits per heavy atom. The second-order valence-corrected chi connectivity index (χ2v) is 6.49. The first-order valence-corrected chi connectivity index (χ1v) is 9.11. The highest BCUT2D eigenvalue weighted by molar-refractivity contribution is 5.99. The molecule has 9 heteroatoms. The van der Waals surface area contributed by atoms with Crippen molar-refractivity contribution in [2.75, 3.05) is 10.6 Å². The molecule has 0 radical (unpaired) electrons. The van der Waals surface area contributed by atoms with E-state index in [1.807, 2.05) is 0 Å². The molecule has 0 saturated heterocycles. The molecule has 1 heterocycles. The summed E-state index contributed by atoms with van der Waals surface area (Å²) in [5.41, 5.74) is 0.992. The summed E-state index contributed by atoms with van der Waals surface area (Å²) in [7, 11) is 0. The van der Waals surface area contributed by atoms with Crippen LogP contribution >= 0.6 is 0 Å². The van der Waals surface area contributed by atoms with Crippen LogP contribution in [0.1, 0.15) is 5.56 Å². The van der Waals surface area contributed by atoms with Crippen molar-refractivity contribution in [3.8, 4) is 11.5 Å². The van der Waals surface area contributed by atoms with Crippen molar-refractivity contribution in [1.29, 1.82) is 0 Å². The number of nitrogens with one attached hydrogen (secondary N) is 2. The van der Waals surface area contributed by atoms with Crippen LogP contribution in [0.25, 0.3) is 11.0 Å². The van der Waals surface area contributed by atoms with Crippen LogP contribution in [0.15, 0.2) is 79.1 Å². The maximum absolute atomic E-state index is 12.8. The Labute approximate surface area is 174 Å². The number of halogens is 3. The second kappa shape index (κ2) is 8.31. The molecule has 0 fully saturated rings. The summed E-state index contributed by atoms with van der Waals surface area (Å²) in [5, 5.41) is 4.96. The lowest BCUT2D eigenvalue weighted by molar-refractivity contribution is -0.137. The fourth-order valence-corrected chi connectivity index (χ4v) is 2.85. The number of alkyl halides is 3. The van der Waals surface area contributed by atoms with E-state index in [1.165, 1.54) is 12.1 Å². The number of amides is 2. The van der Waals surface area contributed by atoms with Gasteiger partial charge in [0.05, 0.1) is 16.6 Å². The van der Waals surface area contributed by atoms with Gasteiger partial charge in [-0.05, 0) is 42.5 Å². The van der Waals surface area contributed by atoms with Gasteiger partial charge in [-0.15, -0.1) is 0 Å². The molecule has 6 nitrogen and oxygen atoms in total. The Hall–Kier alpha value is -4.14. The van der Waals surface area contributed by atoms with Crippen molar-refractivity contribution < 1.29 is 22.7 Å². The molecule has 0 aliphatic heterocycles. The Balaban J connectivity index is 1.44. The van der Waals surface area contributed by atoms with Gasteiger partial charge in [-0.3, -0.25) is 9.97 Å². The molecule has 0 spiro atoms. The number of benzene rings is 3. The highest BCUT2D eigenvalue weighted by Crippen LogP contribution is 2.31. The molecule has 2 amide bonds. The summed E-state index contributed by atoms with van der Waals surface area (Å²) >= 11 is 0. The Morgan fingerprint density at radius 1 is 0.774 bits per heavy atom. The molecule has 156 valence electrons. The zero-order chi connectivity index (χ0) is 21.8. The summed E-state index contributed by atoms with van der Waals surface area (Å²) in [4.78, 5) is 20.6. The average Bonchev–Trinajstić information content (AvgIpc) is 2.73. The molecule has 3 aromatic carbocycles. The van der Waals surface area contributed by atoms with E-state index in [0.717, 1.165) is 17.6 Å². The second-order valence-electron chi connectivity index (χ2n) is 6.49. The number of fused-ring (bicyclic) bond motifs is 1.